The molecule has 0 aliphatic heterocycles. The fourth-order valence-corrected chi connectivity index (χ4v) is 1.56. The Labute approximate surface area is 114 Å². The summed E-state index contributed by atoms with van der Waals surface area (Å²) in [6.45, 7) is 1.78. The lowest BCUT2D eigenvalue weighted by molar-refractivity contribution is -0.384. The molecule has 0 fully saturated rings. The van der Waals surface area contributed by atoms with E-state index >= 15 is 0 Å². The van der Waals surface area contributed by atoms with E-state index in [9.17, 15) is 14.5 Å². The first kappa shape index (κ1) is 13.7. The molecular weight excluding hydrogens is 261 g/mol. The van der Waals surface area contributed by atoms with Crippen molar-refractivity contribution in [2.45, 2.75) is 6.92 Å². The van der Waals surface area contributed by atoms with Crippen LogP contribution in [-0.2, 0) is 0 Å². The van der Waals surface area contributed by atoms with Gasteiger partial charge in [0.1, 0.15) is 5.82 Å². The summed E-state index contributed by atoms with van der Waals surface area (Å²) in [6, 6.07) is 11.9. The van der Waals surface area contributed by atoms with E-state index < -0.39 is 4.92 Å². The number of hydrogen-bond donors (Lipinski definition) is 1. The van der Waals surface area contributed by atoms with Gasteiger partial charge >= 0.3 is 0 Å². The minimum absolute atomic E-state index is 0.0230. The molecule has 2 rings (SSSR count). The molecular formula is C14H12FN3O2. The van der Waals surface area contributed by atoms with E-state index in [0.29, 0.717) is 11.4 Å². The second-order valence-electron chi connectivity index (χ2n) is 4.12. The van der Waals surface area contributed by atoms with Crippen molar-refractivity contribution >= 4 is 17.1 Å². The average Bonchev–Trinajstić information content (AvgIpc) is 2.46. The summed E-state index contributed by atoms with van der Waals surface area (Å²) < 4.78 is 12.8. The third kappa shape index (κ3) is 3.38. The van der Waals surface area contributed by atoms with Crippen LogP contribution in [0.1, 0.15) is 12.5 Å². The lowest BCUT2D eigenvalue weighted by Crippen LogP contribution is -1.99. The highest BCUT2D eigenvalue weighted by atomic mass is 19.1. The zero-order chi connectivity index (χ0) is 14.5. The van der Waals surface area contributed by atoms with Crippen LogP contribution in [0.4, 0.5) is 15.8 Å². The molecule has 0 spiro atoms. The number of rotatable bonds is 4. The van der Waals surface area contributed by atoms with Gasteiger partial charge in [-0.3, -0.25) is 15.5 Å². The van der Waals surface area contributed by atoms with Crippen molar-refractivity contribution in [1.29, 1.82) is 0 Å². The normalized spacial score (nSPS) is 11.2. The summed E-state index contributed by atoms with van der Waals surface area (Å²) in [5, 5.41) is 14.7. The van der Waals surface area contributed by atoms with Crippen LogP contribution >= 0.6 is 0 Å². The van der Waals surface area contributed by atoms with E-state index in [0.717, 1.165) is 5.56 Å². The minimum Gasteiger partial charge on any atom is -0.278 e. The summed E-state index contributed by atoms with van der Waals surface area (Å²) in [7, 11) is 0. The van der Waals surface area contributed by atoms with Crippen LogP contribution in [0, 0.1) is 15.9 Å². The number of halogens is 1. The van der Waals surface area contributed by atoms with E-state index in [-0.39, 0.29) is 11.5 Å². The molecule has 0 aliphatic carbocycles. The standard InChI is InChI=1S/C14H12FN3O2/c1-10(11-2-4-12(15)5-3-11)16-17-13-6-8-14(9-7-13)18(19)20/h2-9,17H,1H3. The van der Waals surface area contributed by atoms with Gasteiger partial charge in [0.15, 0.2) is 0 Å². The summed E-state index contributed by atoms with van der Waals surface area (Å²) in [5.74, 6) is -0.301. The van der Waals surface area contributed by atoms with Crippen LogP contribution in [0.5, 0.6) is 0 Å². The summed E-state index contributed by atoms with van der Waals surface area (Å²) >= 11 is 0. The Morgan fingerprint density at radius 1 is 1.15 bits per heavy atom. The molecule has 0 atom stereocenters. The molecule has 0 heterocycles. The topological polar surface area (TPSA) is 67.5 Å². The quantitative estimate of drug-likeness (QED) is 0.526. The minimum atomic E-state index is -0.461. The molecule has 0 aromatic heterocycles. The van der Waals surface area contributed by atoms with Gasteiger partial charge in [-0.2, -0.15) is 5.10 Å². The van der Waals surface area contributed by atoms with Gasteiger partial charge in [-0.1, -0.05) is 12.1 Å². The molecule has 0 bridgehead atoms. The zero-order valence-corrected chi connectivity index (χ0v) is 10.7. The van der Waals surface area contributed by atoms with Crippen LogP contribution in [0.2, 0.25) is 0 Å². The molecule has 20 heavy (non-hydrogen) atoms. The van der Waals surface area contributed by atoms with E-state index in [1.807, 2.05) is 0 Å². The molecule has 6 heteroatoms. The van der Waals surface area contributed by atoms with Crippen molar-refractivity contribution in [3.8, 4) is 0 Å². The SMILES string of the molecule is CC(=NNc1ccc([N+](=O)[O-])cc1)c1ccc(F)cc1. The zero-order valence-electron chi connectivity index (χ0n) is 10.7. The predicted octanol–water partition coefficient (Wildman–Crippen LogP) is 3.57. The van der Waals surface area contributed by atoms with Gasteiger partial charge in [-0.05, 0) is 36.8 Å². The Bertz CT molecular complexity index is 636. The van der Waals surface area contributed by atoms with Gasteiger partial charge < -0.3 is 0 Å². The largest absolute Gasteiger partial charge is 0.278 e. The molecule has 0 unspecified atom stereocenters. The van der Waals surface area contributed by atoms with Gasteiger partial charge in [0.05, 0.1) is 16.3 Å². The number of nitro groups is 1. The Morgan fingerprint density at radius 2 is 1.75 bits per heavy atom. The highest BCUT2D eigenvalue weighted by Crippen LogP contribution is 2.15. The van der Waals surface area contributed by atoms with E-state index in [1.54, 1.807) is 31.2 Å². The first-order chi connectivity index (χ1) is 9.56. The Hall–Kier alpha value is -2.76. The van der Waals surface area contributed by atoms with Gasteiger partial charge in [0.2, 0.25) is 0 Å². The third-order valence-electron chi connectivity index (χ3n) is 2.69. The third-order valence-corrected chi connectivity index (χ3v) is 2.69. The molecule has 0 aliphatic rings. The van der Waals surface area contributed by atoms with Crippen molar-refractivity contribution in [2.75, 3.05) is 5.43 Å². The van der Waals surface area contributed by atoms with Gasteiger partial charge in [0, 0.05) is 12.1 Å². The fourth-order valence-electron chi connectivity index (χ4n) is 1.56. The lowest BCUT2D eigenvalue weighted by Gasteiger charge is -2.03. The monoisotopic (exact) mass is 273 g/mol. The van der Waals surface area contributed by atoms with Crippen molar-refractivity contribution in [2.24, 2.45) is 5.10 Å². The maximum atomic E-state index is 12.8. The molecule has 0 amide bonds. The molecule has 0 saturated carbocycles. The van der Waals surface area contributed by atoms with Gasteiger partial charge in [-0.15, -0.1) is 0 Å². The number of nitro benzene ring substituents is 1. The van der Waals surface area contributed by atoms with Gasteiger partial charge in [0.25, 0.3) is 5.69 Å². The molecule has 0 saturated heterocycles. The number of benzene rings is 2. The molecule has 0 radical (unpaired) electrons. The molecule has 2 aromatic carbocycles. The first-order valence-corrected chi connectivity index (χ1v) is 5.87. The lowest BCUT2D eigenvalue weighted by atomic mass is 10.1. The van der Waals surface area contributed by atoms with Gasteiger partial charge in [-0.25, -0.2) is 4.39 Å². The average molecular weight is 273 g/mol. The second kappa shape index (κ2) is 5.92. The van der Waals surface area contributed by atoms with E-state index in [2.05, 4.69) is 10.5 Å². The van der Waals surface area contributed by atoms with Crippen LogP contribution in [0.3, 0.4) is 0 Å². The summed E-state index contributed by atoms with van der Waals surface area (Å²) in [5.41, 5.74) is 4.93. The van der Waals surface area contributed by atoms with Crippen LogP contribution < -0.4 is 5.43 Å². The number of nitrogens with zero attached hydrogens (tertiary/aromatic N) is 2. The molecule has 102 valence electrons. The van der Waals surface area contributed by atoms with Crippen molar-refractivity contribution in [3.05, 3.63) is 70.0 Å². The van der Waals surface area contributed by atoms with Crippen LogP contribution in [-0.4, -0.2) is 10.6 Å². The molecule has 1 N–H and O–H groups in total. The van der Waals surface area contributed by atoms with Crippen molar-refractivity contribution in [1.82, 2.24) is 0 Å². The van der Waals surface area contributed by atoms with Crippen molar-refractivity contribution in [3.63, 3.8) is 0 Å². The predicted molar refractivity (Wildman–Crippen MR) is 75.3 cm³/mol. The van der Waals surface area contributed by atoms with Crippen molar-refractivity contribution < 1.29 is 9.31 Å². The smallest absolute Gasteiger partial charge is 0.269 e. The Balaban J connectivity index is 2.08. The summed E-state index contributed by atoms with van der Waals surface area (Å²) in [4.78, 5) is 10.1. The second-order valence-corrected chi connectivity index (χ2v) is 4.12. The number of hydrogen-bond acceptors (Lipinski definition) is 4. The highest BCUT2D eigenvalue weighted by molar-refractivity contribution is 5.99. The maximum absolute atomic E-state index is 12.8. The maximum Gasteiger partial charge on any atom is 0.269 e. The van der Waals surface area contributed by atoms with Crippen LogP contribution in [0.25, 0.3) is 0 Å². The number of hydrazone groups is 1. The number of non-ortho nitro benzene ring substituents is 1. The van der Waals surface area contributed by atoms with E-state index in [1.165, 1.54) is 24.3 Å². The summed E-state index contributed by atoms with van der Waals surface area (Å²) in [6.07, 6.45) is 0. The van der Waals surface area contributed by atoms with E-state index in [4.69, 9.17) is 0 Å². The molecule has 5 nitrogen and oxygen atoms in total. The van der Waals surface area contributed by atoms with Crippen LogP contribution in [0.15, 0.2) is 53.6 Å². The fraction of sp³-hybridized carbons (Fsp3) is 0.0714. The first-order valence-electron chi connectivity index (χ1n) is 5.87. The Kier molecular flexibility index (Phi) is 4.05. The Morgan fingerprint density at radius 3 is 2.30 bits per heavy atom. The number of nitrogens with one attached hydrogen (secondary N) is 1. The number of anilines is 1. The molecule has 2 aromatic rings. The highest BCUT2D eigenvalue weighted by Gasteiger charge is 2.03.